The molecule has 12 heavy (non-hydrogen) atoms. The number of aliphatic hydroxyl groups is 1. The third-order valence-corrected chi connectivity index (χ3v) is 2.09. The predicted molar refractivity (Wildman–Crippen MR) is 42.3 cm³/mol. The molecular formula is C8H15F2NO. The van der Waals surface area contributed by atoms with E-state index in [2.05, 4.69) is 5.32 Å². The lowest BCUT2D eigenvalue weighted by Gasteiger charge is -2.47. The van der Waals surface area contributed by atoms with Crippen molar-refractivity contribution < 1.29 is 13.9 Å². The Bertz CT molecular complexity index is 157. The first-order chi connectivity index (χ1) is 5.39. The minimum atomic E-state index is -2.58. The molecule has 0 aromatic rings. The highest BCUT2D eigenvalue weighted by Crippen LogP contribution is 2.45. The lowest BCUT2D eigenvalue weighted by Crippen LogP contribution is -2.64. The second-order valence-corrected chi connectivity index (χ2v) is 3.95. The normalized spacial score (nSPS) is 25.5. The molecule has 1 fully saturated rings. The molecule has 0 spiro atoms. The first-order valence-corrected chi connectivity index (χ1v) is 4.16. The molecule has 0 bridgehead atoms. The summed E-state index contributed by atoms with van der Waals surface area (Å²) in [5.74, 6) is -2.58. The van der Waals surface area contributed by atoms with Gasteiger partial charge >= 0.3 is 0 Å². The van der Waals surface area contributed by atoms with Crippen molar-refractivity contribution in [3.8, 4) is 0 Å². The van der Waals surface area contributed by atoms with E-state index in [1.165, 1.54) is 0 Å². The Morgan fingerprint density at radius 2 is 1.92 bits per heavy atom. The van der Waals surface area contributed by atoms with E-state index in [4.69, 9.17) is 5.11 Å². The van der Waals surface area contributed by atoms with Crippen LogP contribution in [0.4, 0.5) is 8.78 Å². The van der Waals surface area contributed by atoms with Crippen molar-refractivity contribution in [2.24, 2.45) is 0 Å². The number of nitrogens with one attached hydrogen (secondary N) is 1. The molecule has 0 aromatic carbocycles. The molecular weight excluding hydrogens is 164 g/mol. The quantitative estimate of drug-likeness (QED) is 0.681. The maximum Gasteiger partial charge on any atom is 0.251 e. The van der Waals surface area contributed by atoms with E-state index in [-0.39, 0.29) is 25.5 Å². The highest BCUT2D eigenvalue weighted by molar-refractivity contribution is 5.06. The van der Waals surface area contributed by atoms with Crippen molar-refractivity contribution in [2.45, 2.75) is 44.2 Å². The fourth-order valence-corrected chi connectivity index (χ4v) is 1.81. The molecule has 4 heteroatoms. The predicted octanol–water partition coefficient (Wildman–Crippen LogP) is 1.14. The van der Waals surface area contributed by atoms with E-state index in [9.17, 15) is 8.78 Å². The minimum absolute atomic E-state index is 0.133. The van der Waals surface area contributed by atoms with Crippen LogP contribution in [0.5, 0.6) is 0 Å². The highest BCUT2D eigenvalue weighted by atomic mass is 19.3. The summed E-state index contributed by atoms with van der Waals surface area (Å²) in [6.45, 7) is 3.56. The van der Waals surface area contributed by atoms with Gasteiger partial charge in [-0.1, -0.05) is 13.8 Å². The Hall–Kier alpha value is -0.220. The molecule has 0 aromatic heterocycles. The topological polar surface area (TPSA) is 32.3 Å². The maximum atomic E-state index is 12.5. The molecule has 0 aliphatic heterocycles. The van der Waals surface area contributed by atoms with E-state index >= 15 is 0 Å². The Balaban J connectivity index is 2.47. The van der Waals surface area contributed by atoms with Crippen molar-refractivity contribution in [1.82, 2.24) is 5.32 Å². The van der Waals surface area contributed by atoms with Crippen LogP contribution >= 0.6 is 0 Å². The van der Waals surface area contributed by atoms with E-state index in [0.29, 0.717) is 0 Å². The van der Waals surface area contributed by atoms with Gasteiger partial charge in [0.2, 0.25) is 0 Å². The van der Waals surface area contributed by atoms with Crippen LogP contribution in [0.2, 0.25) is 0 Å². The van der Waals surface area contributed by atoms with E-state index < -0.39 is 11.5 Å². The summed E-state index contributed by atoms with van der Waals surface area (Å²) in [7, 11) is 0. The van der Waals surface area contributed by atoms with Gasteiger partial charge in [0.05, 0.1) is 12.1 Å². The average Bonchev–Trinajstić information content (AvgIpc) is 1.81. The standard InChI is InChI=1S/C8H15F2NO/c1-6(2)11-7(5-12)3-8(9,10)4-7/h6,11-12H,3-5H2,1-2H3. The fraction of sp³-hybridized carbons (Fsp3) is 1.00. The van der Waals surface area contributed by atoms with E-state index in [1.807, 2.05) is 13.8 Å². The second-order valence-electron chi connectivity index (χ2n) is 3.95. The number of aliphatic hydroxyl groups excluding tert-OH is 1. The summed E-state index contributed by atoms with van der Waals surface area (Å²) in [4.78, 5) is 0. The Labute approximate surface area is 71.0 Å². The zero-order valence-corrected chi connectivity index (χ0v) is 7.40. The number of alkyl halides is 2. The van der Waals surface area contributed by atoms with Crippen molar-refractivity contribution in [2.75, 3.05) is 6.61 Å². The SMILES string of the molecule is CC(C)NC1(CO)CC(F)(F)C1. The Morgan fingerprint density at radius 3 is 2.17 bits per heavy atom. The molecule has 0 amide bonds. The van der Waals surface area contributed by atoms with Gasteiger partial charge in [-0.25, -0.2) is 8.78 Å². The third kappa shape index (κ3) is 1.93. The molecule has 1 saturated carbocycles. The zero-order chi connectivity index (χ0) is 9.41. The molecule has 72 valence electrons. The van der Waals surface area contributed by atoms with Gasteiger partial charge in [-0.2, -0.15) is 0 Å². The monoisotopic (exact) mass is 179 g/mol. The van der Waals surface area contributed by atoms with Gasteiger partial charge < -0.3 is 10.4 Å². The lowest BCUT2D eigenvalue weighted by molar-refractivity contribution is -0.149. The van der Waals surface area contributed by atoms with Crippen LogP contribution in [-0.2, 0) is 0 Å². The molecule has 2 nitrogen and oxygen atoms in total. The molecule has 1 rings (SSSR count). The Kier molecular flexibility index (Phi) is 2.40. The summed E-state index contributed by atoms with van der Waals surface area (Å²) in [6.07, 6.45) is -0.483. The highest BCUT2D eigenvalue weighted by Gasteiger charge is 2.56. The third-order valence-electron chi connectivity index (χ3n) is 2.09. The number of hydrogen-bond donors (Lipinski definition) is 2. The largest absolute Gasteiger partial charge is 0.394 e. The molecule has 1 aliphatic carbocycles. The average molecular weight is 179 g/mol. The van der Waals surface area contributed by atoms with Gasteiger partial charge in [-0.3, -0.25) is 0 Å². The van der Waals surface area contributed by atoms with E-state index in [1.54, 1.807) is 0 Å². The summed E-state index contributed by atoms with van der Waals surface area (Å²) in [5.41, 5.74) is -0.725. The van der Waals surface area contributed by atoms with Crippen LogP contribution in [0.3, 0.4) is 0 Å². The first-order valence-electron chi connectivity index (χ1n) is 4.16. The van der Waals surface area contributed by atoms with E-state index in [0.717, 1.165) is 0 Å². The molecule has 0 heterocycles. The maximum absolute atomic E-state index is 12.5. The van der Waals surface area contributed by atoms with Crippen LogP contribution in [0.15, 0.2) is 0 Å². The number of rotatable bonds is 3. The van der Waals surface area contributed by atoms with Gasteiger partial charge in [0.15, 0.2) is 0 Å². The minimum Gasteiger partial charge on any atom is -0.394 e. The molecule has 0 unspecified atom stereocenters. The summed E-state index contributed by atoms with van der Waals surface area (Å²) < 4.78 is 25.0. The van der Waals surface area contributed by atoms with Crippen molar-refractivity contribution in [1.29, 1.82) is 0 Å². The summed E-state index contributed by atoms with van der Waals surface area (Å²) in [5, 5.41) is 11.9. The first kappa shape index (κ1) is 9.86. The van der Waals surface area contributed by atoms with Crippen molar-refractivity contribution >= 4 is 0 Å². The number of hydrogen-bond acceptors (Lipinski definition) is 2. The summed E-state index contributed by atoms with van der Waals surface area (Å²) >= 11 is 0. The Morgan fingerprint density at radius 1 is 1.42 bits per heavy atom. The molecule has 0 atom stereocenters. The molecule has 0 saturated heterocycles. The van der Waals surface area contributed by atoms with Crippen LogP contribution in [-0.4, -0.2) is 29.2 Å². The second kappa shape index (κ2) is 2.92. The van der Waals surface area contributed by atoms with Crippen LogP contribution < -0.4 is 5.32 Å². The van der Waals surface area contributed by atoms with Gasteiger partial charge in [0.25, 0.3) is 5.92 Å². The smallest absolute Gasteiger partial charge is 0.251 e. The van der Waals surface area contributed by atoms with Crippen molar-refractivity contribution in [3.05, 3.63) is 0 Å². The van der Waals surface area contributed by atoms with Gasteiger partial charge in [-0.05, 0) is 0 Å². The lowest BCUT2D eigenvalue weighted by atomic mass is 9.73. The summed E-state index contributed by atoms with van der Waals surface area (Å²) in [6, 6.07) is 0.133. The molecule has 1 aliphatic rings. The van der Waals surface area contributed by atoms with Gasteiger partial charge in [-0.15, -0.1) is 0 Å². The van der Waals surface area contributed by atoms with Crippen LogP contribution in [0.25, 0.3) is 0 Å². The fourth-order valence-electron chi connectivity index (χ4n) is 1.81. The molecule has 0 radical (unpaired) electrons. The van der Waals surface area contributed by atoms with Gasteiger partial charge in [0.1, 0.15) is 0 Å². The number of halogens is 2. The van der Waals surface area contributed by atoms with Crippen LogP contribution in [0, 0.1) is 0 Å². The van der Waals surface area contributed by atoms with Gasteiger partial charge in [0, 0.05) is 18.9 Å². The van der Waals surface area contributed by atoms with Crippen molar-refractivity contribution in [3.63, 3.8) is 0 Å². The zero-order valence-electron chi connectivity index (χ0n) is 7.40. The van der Waals surface area contributed by atoms with Crippen LogP contribution in [0.1, 0.15) is 26.7 Å². The molecule has 2 N–H and O–H groups in total.